The second-order valence-electron chi connectivity index (χ2n) is 4.69. The van der Waals surface area contributed by atoms with Crippen LogP contribution < -0.4 is 0 Å². The topological polar surface area (TPSA) is 47.3 Å². The van der Waals surface area contributed by atoms with Crippen molar-refractivity contribution in [2.75, 3.05) is 13.2 Å². The van der Waals surface area contributed by atoms with Crippen LogP contribution in [0.5, 0.6) is 0 Å². The molecular formula is C14H18N2O2. The van der Waals surface area contributed by atoms with Gasteiger partial charge < -0.3 is 14.4 Å². The summed E-state index contributed by atoms with van der Waals surface area (Å²) in [5.74, 6) is 1.02. The number of imidazole rings is 1. The lowest BCUT2D eigenvalue weighted by atomic mass is 10.2. The number of aliphatic hydroxyl groups is 1. The van der Waals surface area contributed by atoms with E-state index in [1.165, 1.54) is 0 Å². The molecule has 1 aromatic carbocycles. The fourth-order valence-electron chi connectivity index (χ4n) is 2.59. The second-order valence-corrected chi connectivity index (χ2v) is 4.69. The minimum absolute atomic E-state index is 0.121. The summed E-state index contributed by atoms with van der Waals surface area (Å²) in [5, 5.41) is 9.03. The fraction of sp³-hybridized carbons (Fsp3) is 0.500. The highest BCUT2D eigenvalue weighted by molar-refractivity contribution is 5.76. The Kier molecular flexibility index (Phi) is 3.30. The molecule has 1 saturated heterocycles. The predicted molar refractivity (Wildman–Crippen MR) is 69.4 cm³/mol. The summed E-state index contributed by atoms with van der Waals surface area (Å²) in [6.07, 6.45) is 3.02. The zero-order valence-electron chi connectivity index (χ0n) is 10.4. The minimum atomic E-state index is 0.121. The zero-order chi connectivity index (χ0) is 12.4. The molecule has 1 N–H and O–H groups in total. The van der Waals surface area contributed by atoms with Crippen molar-refractivity contribution in [2.24, 2.45) is 0 Å². The molecule has 0 saturated carbocycles. The number of hydrogen-bond donors (Lipinski definition) is 1. The number of rotatable bonds is 4. The SMILES string of the molecule is OCCCn1c(C2CCCO2)nc2ccccc21. The molecule has 1 atom stereocenters. The summed E-state index contributed by atoms with van der Waals surface area (Å²) < 4.78 is 7.94. The lowest BCUT2D eigenvalue weighted by Gasteiger charge is -2.12. The minimum Gasteiger partial charge on any atom is -0.396 e. The monoisotopic (exact) mass is 246 g/mol. The van der Waals surface area contributed by atoms with E-state index in [4.69, 9.17) is 14.8 Å². The Morgan fingerprint density at radius 1 is 1.39 bits per heavy atom. The van der Waals surface area contributed by atoms with Crippen molar-refractivity contribution < 1.29 is 9.84 Å². The molecular weight excluding hydrogens is 228 g/mol. The van der Waals surface area contributed by atoms with Crippen LogP contribution in [-0.2, 0) is 11.3 Å². The molecule has 2 aromatic rings. The number of para-hydroxylation sites is 2. The first-order valence-corrected chi connectivity index (χ1v) is 6.58. The van der Waals surface area contributed by atoms with Crippen LogP contribution in [0.15, 0.2) is 24.3 Å². The molecule has 0 amide bonds. The second kappa shape index (κ2) is 5.08. The largest absolute Gasteiger partial charge is 0.396 e. The Balaban J connectivity index is 2.04. The number of nitrogens with zero attached hydrogens (tertiary/aromatic N) is 2. The maximum atomic E-state index is 9.03. The van der Waals surface area contributed by atoms with E-state index in [1.807, 2.05) is 18.2 Å². The molecule has 0 spiro atoms. The Morgan fingerprint density at radius 3 is 3.06 bits per heavy atom. The smallest absolute Gasteiger partial charge is 0.139 e. The quantitative estimate of drug-likeness (QED) is 0.900. The number of benzene rings is 1. The van der Waals surface area contributed by atoms with Crippen molar-refractivity contribution >= 4 is 11.0 Å². The third-order valence-electron chi connectivity index (χ3n) is 3.44. The molecule has 0 aliphatic carbocycles. The normalized spacial score (nSPS) is 19.7. The van der Waals surface area contributed by atoms with Crippen LogP contribution in [0.25, 0.3) is 11.0 Å². The molecule has 0 bridgehead atoms. The summed E-state index contributed by atoms with van der Waals surface area (Å²) in [6.45, 7) is 1.83. The number of ether oxygens (including phenoxy) is 1. The third-order valence-corrected chi connectivity index (χ3v) is 3.44. The lowest BCUT2D eigenvalue weighted by Crippen LogP contribution is -2.09. The number of aliphatic hydroxyl groups excluding tert-OH is 1. The van der Waals surface area contributed by atoms with Gasteiger partial charge in [0.25, 0.3) is 0 Å². The van der Waals surface area contributed by atoms with Gasteiger partial charge in [-0.3, -0.25) is 0 Å². The Labute approximate surface area is 106 Å². The lowest BCUT2D eigenvalue weighted by molar-refractivity contribution is 0.102. The highest BCUT2D eigenvalue weighted by atomic mass is 16.5. The first-order valence-electron chi connectivity index (χ1n) is 6.58. The summed E-state index contributed by atoms with van der Waals surface area (Å²) >= 11 is 0. The number of aryl methyl sites for hydroxylation is 1. The van der Waals surface area contributed by atoms with E-state index in [-0.39, 0.29) is 12.7 Å². The summed E-state index contributed by atoms with van der Waals surface area (Å²) in [6, 6.07) is 8.14. The maximum Gasteiger partial charge on any atom is 0.139 e. The summed E-state index contributed by atoms with van der Waals surface area (Å²) in [4.78, 5) is 4.70. The first kappa shape index (κ1) is 11.7. The van der Waals surface area contributed by atoms with Gasteiger partial charge in [-0.1, -0.05) is 12.1 Å². The molecule has 2 heterocycles. The van der Waals surface area contributed by atoms with Gasteiger partial charge in [0.1, 0.15) is 11.9 Å². The van der Waals surface area contributed by atoms with E-state index >= 15 is 0 Å². The number of fused-ring (bicyclic) bond motifs is 1. The van der Waals surface area contributed by atoms with Gasteiger partial charge in [-0.15, -0.1) is 0 Å². The van der Waals surface area contributed by atoms with Crippen molar-refractivity contribution in [1.82, 2.24) is 9.55 Å². The van der Waals surface area contributed by atoms with Crippen LogP contribution in [0.3, 0.4) is 0 Å². The molecule has 1 fully saturated rings. The van der Waals surface area contributed by atoms with Crippen LogP contribution in [0.1, 0.15) is 31.2 Å². The molecule has 1 unspecified atom stereocenters. The van der Waals surface area contributed by atoms with Crippen LogP contribution >= 0.6 is 0 Å². The molecule has 1 aromatic heterocycles. The van der Waals surface area contributed by atoms with Gasteiger partial charge in [0.05, 0.1) is 11.0 Å². The van der Waals surface area contributed by atoms with Crippen LogP contribution in [0.2, 0.25) is 0 Å². The predicted octanol–water partition coefficient (Wildman–Crippen LogP) is 2.27. The van der Waals surface area contributed by atoms with E-state index in [9.17, 15) is 0 Å². The Bertz CT molecular complexity index is 530. The molecule has 0 radical (unpaired) electrons. The highest BCUT2D eigenvalue weighted by Crippen LogP contribution is 2.30. The summed E-state index contributed by atoms with van der Waals surface area (Å²) in [7, 11) is 0. The Hall–Kier alpha value is -1.39. The molecule has 3 rings (SSSR count). The third kappa shape index (κ3) is 2.02. The van der Waals surface area contributed by atoms with Gasteiger partial charge in [0.15, 0.2) is 0 Å². The van der Waals surface area contributed by atoms with Gasteiger partial charge in [-0.05, 0) is 31.4 Å². The van der Waals surface area contributed by atoms with Crippen LogP contribution in [-0.4, -0.2) is 27.9 Å². The van der Waals surface area contributed by atoms with Gasteiger partial charge in [-0.25, -0.2) is 4.98 Å². The van der Waals surface area contributed by atoms with Crippen molar-refractivity contribution in [2.45, 2.75) is 31.9 Å². The van der Waals surface area contributed by atoms with Crippen molar-refractivity contribution in [1.29, 1.82) is 0 Å². The average Bonchev–Trinajstić information content (AvgIpc) is 3.03. The van der Waals surface area contributed by atoms with E-state index < -0.39 is 0 Å². The Morgan fingerprint density at radius 2 is 2.28 bits per heavy atom. The zero-order valence-corrected chi connectivity index (χ0v) is 10.4. The molecule has 4 nitrogen and oxygen atoms in total. The van der Waals surface area contributed by atoms with Gasteiger partial charge >= 0.3 is 0 Å². The molecule has 96 valence electrons. The maximum absolute atomic E-state index is 9.03. The molecule has 18 heavy (non-hydrogen) atoms. The van der Waals surface area contributed by atoms with Crippen molar-refractivity contribution in [3.05, 3.63) is 30.1 Å². The van der Waals surface area contributed by atoms with Crippen molar-refractivity contribution in [3.8, 4) is 0 Å². The van der Waals surface area contributed by atoms with E-state index in [0.29, 0.717) is 0 Å². The molecule has 4 heteroatoms. The van der Waals surface area contributed by atoms with Crippen LogP contribution in [0.4, 0.5) is 0 Å². The molecule has 1 aliphatic heterocycles. The number of hydrogen-bond acceptors (Lipinski definition) is 3. The standard InChI is InChI=1S/C14H18N2O2/c17-9-4-8-16-12-6-2-1-5-11(12)15-14(16)13-7-3-10-18-13/h1-2,5-6,13,17H,3-4,7-10H2. The molecule has 1 aliphatic rings. The first-order chi connectivity index (χ1) is 8.90. The van der Waals surface area contributed by atoms with Gasteiger partial charge in [-0.2, -0.15) is 0 Å². The fourth-order valence-corrected chi connectivity index (χ4v) is 2.59. The summed E-state index contributed by atoms with van der Waals surface area (Å²) in [5.41, 5.74) is 2.15. The van der Waals surface area contributed by atoms with Crippen molar-refractivity contribution in [3.63, 3.8) is 0 Å². The number of aromatic nitrogens is 2. The van der Waals surface area contributed by atoms with Gasteiger partial charge in [0, 0.05) is 19.8 Å². The van der Waals surface area contributed by atoms with Crippen LogP contribution in [0, 0.1) is 0 Å². The average molecular weight is 246 g/mol. The van der Waals surface area contributed by atoms with E-state index in [1.54, 1.807) is 0 Å². The van der Waals surface area contributed by atoms with E-state index in [2.05, 4.69) is 10.6 Å². The van der Waals surface area contributed by atoms with Gasteiger partial charge in [0.2, 0.25) is 0 Å². The van der Waals surface area contributed by atoms with E-state index in [0.717, 1.165) is 49.3 Å². The highest BCUT2D eigenvalue weighted by Gasteiger charge is 2.24.